The fourth-order valence-corrected chi connectivity index (χ4v) is 5.90. The lowest BCUT2D eigenvalue weighted by Gasteiger charge is -2.41. The first-order valence-electron chi connectivity index (χ1n) is 7.83. The first kappa shape index (κ1) is 17.1. The van der Waals surface area contributed by atoms with Gasteiger partial charge in [-0.3, -0.25) is 9.46 Å². The molecule has 0 fully saturated rings. The van der Waals surface area contributed by atoms with E-state index in [1.165, 1.54) is 4.67 Å². The molecule has 126 valence electrons. The summed E-state index contributed by atoms with van der Waals surface area (Å²) >= 11 is 6.13. The monoisotopic (exact) mass is 363 g/mol. The molecule has 1 unspecified atom stereocenters. The standard InChI is InChI=1S/C18H19ClNO3P/c1-13(2)16(12-19)20-18(21)15-10-6-7-11-17(15)23-24(20,22)14-8-4-3-5-9-14/h3-11,13,16H,12H2,1-2H3/t16-,24?/m0/s1. The van der Waals surface area contributed by atoms with Gasteiger partial charge in [-0.1, -0.05) is 44.2 Å². The van der Waals surface area contributed by atoms with E-state index in [2.05, 4.69) is 0 Å². The van der Waals surface area contributed by atoms with Crippen molar-refractivity contribution in [3.05, 3.63) is 60.2 Å². The molecule has 0 spiro atoms. The van der Waals surface area contributed by atoms with Gasteiger partial charge in [0.1, 0.15) is 5.75 Å². The quantitative estimate of drug-likeness (QED) is 0.601. The average Bonchev–Trinajstić information content (AvgIpc) is 2.59. The van der Waals surface area contributed by atoms with Crippen molar-refractivity contribution in [1.82, 2.24) is 4.67 Å². The Kier molecular flexibility index (Phi) is 4.71. The zero-order valence-electron chi connectivity index (χ0n) is 13.6. The third kappa shape index (κ3) is 2.74. The molecule has 2 aromatic rings. The van der Waals surface area contributed by atoms with Crippen LogP contribution in [-0.4, -0.2) is 22.5 Å². The average molecular weight is 364 g/mol. The van der Waals surface area contributed by atoms with E-state index >= 15 is 0 Å². The fraction of sp³-hybridized carbons (Fsp3) is 0.278. The molecule has 2 atom stereocenters. The van der Waals surface area contributed by atoms with E-state index in [4.69, 9.17) is 16.1 Å². The summed E-state index contributed by atoms with van der Waals surface area (Å²) < 4.78 is 21.2. The van der Waals surface area contributed by atoms with Gasteiger partial charge in [0.2, 0.25) is 0 Å². The van der Waals surface area contributed by atoms with Crippen molar-refractivity contribution in [2.45, 2.75) is 19.9 Å². The fourth-order valence-electron chi connectivity index (χ4n) is 2.81. The first-order chi connectivity index (χ1) is 11.5. The van der Waals surface area contributed by atoms with Gasteiger partial charge in [0.05, 0.1) is 16.9 Å². The van der Waals surface area contributed by atoms with E-state index in [1.54, 1.807) is 48.5 Å². The summed E-state index contributed by atoms with van der Waals surface area (Å²) in [6, 6.07) is 15.3. The van der Waals surface area contributed by atoms with Crippen molar-refractivity contribution in [3.63, 3.8) is 0 Å². The highest BCUT2D eigenvalue weighted by atomic mass is 35.5. The number of carbonyl (C=O) groups excluding carboxylic acids is 1. The van der Waals surface area contributed by atoms with Crippen molar-refractivity contribution >= 4 is 30.3 Å². The predicted molar refractivity (Wildman–Crippen MR) is 96.3 cm³/mol. The van der Waals surface area contributed by atoms with E-state index in [1.807, 2.05) is 19.9 Å². The van der Waals surface area contributed by atoms with Crippen LogP contribution < -0.4 is 9.83 Å². The van der Waals surface area contributed by atoms with Gasteiger partial charge in [-0.25, -0.2) is 4.57 Å². The molecule has 0 N–H and O–H groups in total. The van der Waals surface area contributed by atoms with Gasteiger partial charge in [-0.2, -0.15) is 0 Å². The van der Waals surface area contributed by atoms with Crippen molar-refractivity contribution in [2.75, 3.05) is 5.88 Å². The maximum absolute atomic E-state index is 13.9. The van der Waals surface area contributed by atoms with Gasteiger partial charge in [0, 0.05) is 5.88 Å². The zero-order chi connectivity index (χ0) is 17.3. The minimum absolute atomic E-state index is 0.0392. The molecule has 0 bridgehead atoms. The number of amides is 1. The molecule has 0 aliphatic carbocycles. The molecule has 0 aromatic heterocycles. The number of halogens is 1. The van der Waals surface area contributed by atoms with Crippen LogP contribution in [0.4, 0.5) is 0 Å². The molecule has 4 nitrogen and oxygen atoms in total. The van der Waals surface area contributed by atoms with E-state index < -0.39 is 13.6 Å². The van der Waals surface area contributed by atoms with Crippen LogP contribution in [0.25, 0.3) is 0 Å². The second-order valence-corrected chi connectivity index (χ2v) is 8.54. The van der Waals surface area contributed by atoms with Crippen molar-refractivity contribution < 1.29 is 13.9 Å². The molecule has 1 amide bonds. The minimum atomic E-state index is -3.59. The van der Waals surface area contributed by atoms with Crippen LogP contribution in [0.1, 0.15) is 24.2 Å². The van der Waals surface area contributed by atoms with Crippen LogP contribution in [-0.2, 0) is 4.57 Å². The van der Waals surface area contributed by atoms with Gasteiger partial charge >= 0.3 is 7.52 Å². The number of carbonyl (C=O) groups is 1. The van der Waals surface area contributed by atoms with E-state index in [0.717, 1.165) is 0 Å². The van der Waals surface area contributed by atoms with E-state index in [9.17, 15) is 9.36 Å². The molecule has 0 saturated heterocycles. The lowest BCUT2D eigenvalue weighted by atomic mass is 10.1. The molecule has 0 radical (unpaired) electrons. The third-order valence-electron chi connectivity index (χ3n) is 4.16. The highest BCUT2D eigenvalue weighted by Crippen LogP contribution is 2.56. The van der Waals surface area contributed by atoms with Crippen LogP contribution in [0, 0.1) is 5.92 Å². The summed E-state index contributed by atoms with van der Waals surface area (Å²) in [5, 5.41) is 0.489. The lowest BCUT2D eigenvalue weighted by molar-refractivity contribution is 0.0773. The highest BCUT2D eigenvalue weighted by molar-refractivity contribution is 7.65. The molecule has 1 aliphatic heterocycles. The minimum Gasteiger partial charge on any atom is -0.425 e. The Morgan fingerprint density at radius 1 is 1.08 bits per heavy atom. The van der Waals surface area contributed by atoms with Crippen LogP contribution >= 0.6 is 19.1 Å². The Morgan fingerprint density at radius 3 is 2.33 bits per heavy atom. The summed E-state index contributed by atoms with van der Waals surface area (Å²) in [5.74, 6) is 0.273. The summed E-state index contributed by atoms with van der Waals surface area (Å²) in [6.45, 7) is 3.91. The number of nitrogens with zero attached hydrogens (tertiary/aromatic N) is 1. The van der Waals surface area contributed by atoms with Gasteiger partial charge in [-0.05, 0) is 30.2 Å². The largest absolute Gasteiger partial charge is 0.425 e. The Labute approximate surface area is 146 Å². The molecule has 6 heteroatoms. The van der Waals surface area contributed by atoms with E-state index in [0.29, 0.717) is 16.6 Å². The Balaban J connectivity index is 2.21. The molecule has 2 aromatic carbocycles. The molecule has 1 heterocycles. The second-order valence-electron chi connectivity index (χ2n) is 6.06. The number of rotatable bonds is 4. The summed E-state index contributed by atoms with van der Waals surface area (Å²) in [7, 11) is -3.59. The number of hydrogen-bond acceptors (Lipinski definition) is 3. The number of para-hydroxylation sites is 1. The highest BCUT2D eigenvalue weighted by Gasteiger charge is 2.48. The number of hydrogen-bond donors (Lipinski definition) is 0. The summed E-state index contributed by atoms with van der Waals surface area (Å²) in [4.78, 5) is 13.1. The smallest absolute Gasteiger partial charge is 0.377 e. The number of benzene rings is 2. The van der Waals surface area contributed by atoms with Gasteiger partial charge in [0.15, 0.2) is 0 Å². The van der Waals surface area contributed by atoms with Crippen molar-refractivity contribution in [2.24, 2.45) is 5.92 Å². The molecular formula is C18H19ClNO3P. The van der Waals surface area contributed by atoms with Crippen LogP contribution in [0.15, 0.2) is 54.6 Å². The number of alkyl halides is 1. The normalized spacial score (nSPS) is 21.3. The Hall–Kier alpha value is -1.77. The van der Waals surface area contributed by atoms with Gasteiger partial charge in [0.25, 0.3) is 5.91 Å². The number of fused-ring (bicyclic) bond motifs is 1. The molecule has 3 rings (SSSR count). The maximum Gasteiger partial charge on any atom is 0.377 e. The predicted octanol–water partition coefficient (Wildman–Crippen LogP) is 4.30. The summed E-state index contributed by atoms with van der Waals surface area (Å²) in [5.41, 5.74) is 0.413. The molecule has 24 heavy (non-hydrogen) atoms. The second kappa shape index (κ2) is 6.62. The summed E-state index contributed by atoms with van der Waals surface area (Å²) in [6.07, 6.45) is 0. The zero-order valence-corrected chi connectivity index (χ0v) is 15.2. The van der Waals surface area contributed by atoms with Crippen molar-refractivity contribution in [3.8, 4) is 5.75 Å². The molecular weight excluding hydrogens is 345 g/mol. The maximum atomic E-state index is 13.9. The SMILES string of the molecule is CC(C)[C@H](CCl)N1C(=O)c2ccccc2OP1(=O)c1ccccc1. The van der Waals surface area contributed by atoms with Gasteiger partial charge < -0.3 is 4.52 Å². The van der Waals surface area contributed by atoms with Crippen molar-refractivity contribution in [1.29, 1.82) is 0 Å². The van der Waals surface area contributed by atoms with E-state index in [-0.39, 0.29) is 17.7 Å². The Bertz CT molecular complexity index is 794. The topological polar surface area (TPSA) is 46.6 Å². The Morgan fingerprint density at radius 2 is 1.71 bits per heavy atom. The lowest BCUT2D eigenvalue weighted by Crippen LogP contribution is -2.47. The van der Waals surface area contributed by atoms with Crippen LogP contribution in [0.3, 0.4) is 0 Å². The third-order valence-corrected chi connectivity index (χ3v) is 6.91. The van der Waals surface area contributed by atoms with Gasteiger partial charge in [-0.15, -0.1) is 11.6 Å². The first-order valence-corrected chi connectivity index (χ1v) is 9.94. The van der Waals surface area contributed by atoms with Crippen LogP contribution in [0.2, 0.25) is 0 Å². The molecule has 1 aliphatic rings. The molecule has 0 saturated carbocycles. The van der Waals surface area contributed by atoms with Crippen LogP contribution in [0.5, 0.6) is 5.75 Å².